The summed E-state index contributed by atoms with van der Waals surface area (Å²) in [5, 5.41) is 18.6. The quantitative estimate of drug-likeness (QED) is 0.362. The van der Waals surface area contributed by atoms with Gasteiger partial charge in [0, 0.05) is 0 Å². The van der Waals surface area contributed by atoms with E-state index in [1.54, 1.807) is 0 Å². The Balaban J connectivity index is 4.47. The number of carboxylic acids is 1. The highest BCUT2D eigenvalue weighted by molar-refractivity contribution is 6.09. The minimum absolute atomic E-state index is 0.730. The predicted octanol–water partition coefficient (Wildman–Crippen LogP) is -1.98. The van der Waals surface area contributed by atoms with Crippen LogP contribution in [0, 0.1) is 0 Å². The molecule has 68 valence electrons. The van der Waals surface area contributed by atoms with E-state index >= 15 is 0 Å². The van der Waals surface area contributed by atoms with E-state index in [2.05, 4.69) is 5.73 Å². The molecule has 1 unspecified atom stereocenters. The number of rotatable bonds is 2. The zero-order valence-corrected chi connectivity index (χ0v) is 6.20. The molecule has 0 aromatic carbocycles. The number of imide groups is 1. The van der Waals surface area contributed by atoms with E-state index in [0.717, 1.165) is 6.92 Å². The number of carbonyl (C=O) groups excluding carboxylic acids is 2. The molecule has 0 aliphatic heterocycles. The van der Waals surface area contributed by atoms with Crippen LogP contribution in [0.15, 0.2) is 0 Å². The number of urea groups is 1. The highest BCUT2D eigenvalue weighted by Gasteiger charge is 2.39. The zero-order valence-electron chi connectivity index (χ0n) is 6.20. The van der Waals surface area contributed by atoms with Crippen LogP contribution in [0.25, 0.3) is 0 Å². The first-order chi connectivity index (χ1) is 5.28. The van der Waals surface area contributed by atoms with Crippen molar-refractivity contribution in [3.8, 4) is 0 Å². The fourth-order valence-corrected chi connectivity index (χ4v) is 0.331. The molecular weight excluding hydrogens is 168 g/mol. The molecule has 0 bridgehead atoms. The van der Waals surface area contributed by atoms with E-state index in [-0.39, 0.29) is 0 Å². The van der Waals surface area contributed by atoms with Crippen molar-refractivity contribution in [1.29, 1.82) is 0 Å². The molecule has 0 aliphatic rings. The first-order valence-electron chi connectivity index (χ1n) is 2.85. The molecule has 12 heavy (non-hydrogen) atoms. The Morgan fingerprint density at radius 1 is 1.42 bits per heavy atom. The van der Waals surface area contributed by atoms with Crippen LogP contribution < -0.4 is 11.1 Å². The van der Waals surface area contributed by atoms with Gasteiger partial charge in [-0.3, -0.25) is 10.1 Å². The van der Waals surface area contributed by atoms with Crippen molar-refractivity contribution in [3.63, 3.8) is 0 Å². The third-order valence-electron chi connectivity index (χ3n) is 1.10. The van der Waals surface area contributed by atoms with E-state index < -0.39 is 23.5 Å². The number of hydrogen-bond donors (Lipinski definition) is 4. The largest absolute Gasteiger partial charge is 0.479 e. The van der Waals surface area contributed by atoms with Gasteiger partial charge in [-0.1, -0.05) is 0 Å². The van der Waals surface area contributed by atoms with E-state index in [1.807, 2.05) is 0 Å². The summed E-state index contributed by atoms with van der Waals surface area (Å²) in [6, 6.07) is -1.22. The SMILES string of the molecule is CC(O)(C(=O)O)C(=O)NC(N)=O. The molecule has 0 spiro atoms. The van der Waals surface area contributed by atoms with Crippen molar-refractivity contribution in [2.24, 2.45) is 5.73 Å². The molecule has 0 rings (SSSR count). The van der Waals surface area contributed by atoms with Crippen molar-refractivity contribution in [2.45, 2.75) is 12.5 Å². The lowest BCUT2D eigenvalue weighted by Crippen LogP contribution is -2.53. The number of nitrogens with one attached hydrogen (secondary N) is 1. The van der Waals surface area contributed by atoms with Crippen LogP contribution in [0.2, 0.25) is 0 Å². The van der Waals surface area contributed by atoms with Crippen molar-refractivity contribution < 1.29 is 24.6 Å². The summed E-state index contributed by atoms with van der Waals surface area (Å²) in [6.07, 6.45) is 0. The Hall–Kier alpha value is -1.63. The molecule has 0 saturated carbocycles. The Labute approximate surface area is 67.2 Å². The molecule has 0 fully saturated rings. The molecule has 0 radical (unpaired) electrons. The average molecular weight is 176 g/mol. The van der Waals surface area contributed by atoms with Gasteiger partial charge in [0.15, 0.2) is 0 Å². The van der Waals surface area contributed by atoms with Gasteiger partial charge in [0.2, 0.25) is 5.60 Å². The van der Waals surface area contributed by atoms with Crippen LogP contribution >= 0.6 is 0 Å². The topological polar surface area (TPSA) is 130 Å². The van der Waals surface area contributed by atoms with E-state index in [9.17, 15) is 14.4 Å². The second-order valence-electron chi connectivity index (χ2n) is 2.20. The number of aliphatic carboxylic acids is 1. The summed E-state index contributed by atoms with van der Waals surface area (Å²) < 4.78 is 0. The van der Waals surface area contributed by atoms with Crippen LogP contribution in [-0.4, -0.2) is 33.7 Å². The minimum atomic E-state index is -2.64. The summed E-state index contributed by atoms with van der Waals surface area (Å²) in [5.74, 6) is -3.14. The summed E-state index contributed by atoms with van der Waals surface area (Å²) >= 11 is 0. The average Bonchev–Trinajstić information content (AvgIpc) is 1.85. The van der Waals surface area contributed by atoms with Gasteiger partial charge in [-0.25, -0.2) is 9.59 Å². The number of nitrogens with two attached hydrogens (primary N) is 1. The first-order valence-corrected chi connectivity index (χ1v) is 2.85. The van der Waals surface area contributed by atoms with Gasteiger partial charge in [-0.2, -0.15) is 0 Å². The maximum atomic E-state index is 10.7. The minimum Gasteiger partial charge on any atom is -0.479 e. The molecule has 0 saturated heterocycles. The van der Waals surface area contributed by atoms with Gasteiger partial charge in [-0.05, 0) is 6.92 Å². The van der Waals surface area contributed by atoms with Crippen molar-refractivity contribution in [2.75, 3.05) is 0 Å². The maximum Gasteiger partial charge on any atom is 0.345 e. The third kappa shape index (κ3) is 2.20. The Morgan fingerprint density at radius 2 is 1.83 bits per heavy atom. The van der Waals surface area contributed by atoms with Gasteiger partial charge in [0.1, 0.15) is 0 Å². The monoisotopic (exact) mass is 176 g/mol. The van der Waals surface area contributed by atoms with Gasteiger partial charge in [0.05, 0.1) is 0 Å². The van der Waals surface area contributed by atoms with Gasteiger partial charge in [0.25, 0.3) is 5.91 Å². The Morgan fingerprint density at radius 3 is 2.08 bits per heavy atom. The van der Waals surface area contributed by atoms with Crippen LogP contribution in [0.4, 0.5) is 4.79 Å². The highest BCUT2D eigenvalue weighted by atomic mass is 16.4. The van der Waals surface area contributed by atoms with E-state index in [4.69, 9.17) is 10.2 Å². The number of hydrogen-bond acceptors (Lipinski definition) is 4. The molecule has 3 amide bonds. The molecule has 1 atom stereocenters. The summed E-state index contributed by atoms with van der Waals surface area (Å²) in [5.41, 5.74) is 1.87. The highest BCUT2D eigenvalue weighted by Crippen LogP contribution is 2.02. The Kier molecular flexibility index (Phi) is 2.75. The van der Waals surface area contributed by atoms with Gasteiger partial charge in [-0.15, -0.1) is 0 Å². The third-order valence-corrected chi connectivity index (χ3v) is 1.10. The van der Waals surface area contributed by atoms with Crippen molar-refractivity contribution >= 4 is 17.9 Å². The van der Waals surface area contributed by atoms with Gasteiger partial charge >= 0.3 is 12.0 Å². The summed E-state index contributed by atoms with van der Waals surface area (Å²) in [4.78, 5) is 30.9. The second-order valence-corrected chi connectivity index (χ2v) is 2.20. The van der Waals surface area contributed by atoms with Crippen molar-refractivity contribution in [1.82, 2.24) is 5.32 Å². The zero-order chi connectivity index (χ0) is 9.94. The number of carboxylic acid groups (broad SMARTS) is 1. The number of amides is 3. The maximum absolute atomic E-state index is 10.7. The molecule has 0 aromatic heterocycles. The van der Waals surface area contributed by atoms with Crippen LogP contribution in [0.5, 0.6) is 0 Å². The summed E-state index contributed by atoms with van der Waals surface area (Å²) in [7, 11) is 0. The van der Waals surface area contributed by atoms with Crippen LogP contribution in [0.1, 0.15) is 6.92 Å². The molecule has 5 N–H and O–H groups in total. The molecule has 7 nitrogen and oxygen atoms in total. The van der Waals surface area contributed by atoms with E-state index in [0.29, 0.717) is 0 Å². The molecule has 0 aliphatic carbocycles. The fourth-order valence-electron chi connectivity index (χ4n) is 0.331. The molecule has 0 heterocycles. The number of aliphatic hydroxyl groups is 1. The van der Waals surface area contributed by atoms with Gasteiger partial charge < -0.3 is 15.9 Å². The van der Waals surface area contributed by atoms with Crippen LogP contribution in [0.3, 0.4) is 0 Å². The standard InChI is InChI=1S/C5H8N2O5/c1-5(12,3(9)10)2(8)7-4(6)11/h12H,1H3,(H,9,10)(H3,6,7,8,11). The lowest BCUT2D eigenvalue weighted by Gasteiger charge is -2.14. The molecule has 0 aromatic rings. The summed E-state index contributed by atoms with van der Waals surface area (Å²) in [6.45, 7) is 0.730. The number of carbonyl (C=O) groups is 3. The lowest BCUT2D eigenvalue weighted by atomic mass is 10.1. The predicted molar refractivity (Wildman–Crippen MR) is 36.0 cm³/mol. The molecule has 7 heteroatoms. The molecular formula is C5H8N2O5. The van der Waals surface area contributed by atoms with E-state index in [1.165, 1.54) is 5.32 Å². The smallest absolute Gasteiger partial charge is 0.345 e. The number of primary amides is 1. The Bertz CT molecular complexity index is 234. The second kappa shape index (κ2) is 3.18. The first kappa shape index (κ1) is 10.4. The fraction of sp³-hybridized carbons (Fsp3) is 0.400. The van der Waals surface area contributed by atoms with Crippen molar-refractivity contribution in [3.05, 3.63) is 0 Å². The lowest BCUT2D eigenvalue weighted by molar-refractivity contribution is -0.163. The van der Waals surface area contributed by atoms with Crippen LogP contribution in [-0.2, 0) is 9.59 Å². The normalized spacial score (nSPS) is 14.5.